The molecule has 0 aliphatic heterocycles. The first kappa shape index (κ1) is 17.0. The number of nitrogens with one attached hydrogen (secondary N) is 1. The second-order valence-corrected chi connectivity index (χ2v) is 6.45. The second-order valence-electron chi connectivity index (χ2n) is 6.04. The topological polar surface area (TPSA) is 41.8 Å². The van der Waals surface area contributed by atoms with E-state index in [0.29, 0.717) is 11.6 Å². The van der Waals surface area contributed by atoms with Crippen LogP contribution >= 0.6 is 11.6 Å². The number of hydrogen-bond acceptors (Lipinski definition) is 1. The number of para-hydroxylation sites is 1. The highest BCUT2D eigenvalue weighted by molar-refractivity contribution is 6.33. The van der Waals surface area contributed by atoms with Gasteiger partial charge in [-0.25, -0.2) is 4.39 Å². The fraction of sp³-hybridized carbons (Fsp3) is 0.300. The summed E-state index contributed by atoms with van der Waals surface area (Å²) in [6.45, 7) is 2.84. The molecule has 0 saturated carbocycles. The van der Waals surface area contributed by atoms with Crippen LogP contribution in [0.25, 0.3) is 22.2 Å². The predicted octanol–water partition coefficient (Wildman–Crippen LogP) is 5.47. The van der Waals surface area contributed by atoms with Crippen LogP contribution in [0.15, 0.2) is 36.4 Å². The van der Waals surface area contributed by atoms with Gasteiger partial charge in [0.05, 0.1) is 10.7 Å². The number of aromatic nitrogens is 1. The fourth-order valence-corrected chi connectivity index (χ4v) is 3.52. The van der Waals surface area contributed by atoms with Crippen molar-refractivity contribution in [1.82, 2.24) is 4.98 Å². The van der Waals surface area contributed by atoms with Gasteiger partial charge in [-0.1, -0.05) is 36.7 Å². The normalized spacial score (nSPS) is 11.3. The number of hydrogen-bond donors (Lipinski definition) is 2. The van der Waals surface area contributed by atoms with Crippen LogP contribution in [0.4, 0.5) is 4.39 Å². The molecule has 0 amide bonds. The highest BCUT2D eigenvalue weighted by Gasteiger charge is 2.17. The molecule has 1 heterocycles. The van der Waals surface area contributed by atoms with Crippen LogP contribution in [0.2, 0.25) is 5.02 Å². The molecule has 0 radical (unpaired) electrons. The van der Waals surface area contributed by atoms with Crippen LogP contribution in [-0.2, 0) is 12.8 Å². The predicted molar refractivity (Wildman–Crippen MR) is 100 cm³/mol. The number of benzene rings is 2. The Hall–Kier alpha value is -1.84. The lowest BCUT2D eigenvalue weighted by molar-refractivity contribution is 0.628. The van der Waals surface area contributed by atoms with Crippen LogP contribution in [0.1, 0.15) is 30.9 Å². The molecule has 3 aromatic rings. The average Bonchev–Trinajstić information content (AvgIpc) is 2.93. The Morgan fingerprint density at radius 2 is 2.00 bits per heavy atom. The molecule has 0 saturated heterocycles. The molecular weight excluding hydrogens is 323 g/mol. The molecule has 2 aromatic carbocycles. The molecule has 3 N–H and O–H groups in total. The average molecular weight is 345 g/mol. The molecule has 0 bridgehead atoms. The Morgan fingerprint density at radius 1 is 1.17 bits per heavy atom. The Balaban J connectivity index is 2.19. The molecule has 126 valence electrons. The first-order valence-electron chi connectivity index (χ1n) is 8.43. The number of fused-ring (bicyclic) bond motifs is 1. The maximum absolute atomic E-state index is 13.4. The number of rotatable bonds is 6. The van der Waals surface area contributed by atoms with Gasteiger partial charge in [-0.3, -0.25) is 0 Å². The molecule has 24 heavy (non-hydrogen) atoms. The smallest absolute Gasteiger partial charge is 0.124 e. The van der Waals surface area contributed by atoms with Crippen LogP contribution < -0.4 is 5.73 Å². The maximum Gasteiger partial charge on any atom is 0.124 e. The lowest BCUT2D eigenvalue weighted by Crippen LogP contribution is -1.99. The van der Waals surface area contributed by atoms with Gasteiger partial charge in [0.25, 0.3) is 0 Å². The standard InChI is InChI=1S/C20H22ClFN2/c1-2-13-6-5-8-15-16(7-3-4-11-23)20(24-19(13)15)17-10-9-14(22)12-18(17)21/h5-6,8-10,12,24H,2-4,7,11,23H2,1H3. The third-order valence-electron chi connectivity index (χ3n) is 4.49. The maximum atomic E-state index is 13.4. The summed E-state index contributed by atoms with van der Waals surface area (Å²) in [5.74, 6) is -0.321. The van der Waals surface area contributed by atoms with Crippen molar-refractivity contribution in [2.45, 2.75) is 32.6 Å². The number of aryl methyl sites for hydroxylation is 2. The van der Waals surface area contributed by atoms with E-state index in [2.05, 4.69) is 30.1 Å². The molecule has 1 aromatic heterocycles. The van der Waals surface area contributed by atoms with Gasteiger partial charge in [-0.05, 0) is 61.6 Å². The zero-order chi connectivity index (χ0) is 17.1. The quantitative estimate of drug-likeness (QED) is 0.572. The summed E-state index contributed by atoms with van der Waals surface area (Å²) >= 11 is 6.32. The van der Waals surface area contributed by atoms with Crippen molar-refractivity contribution >= 4 is 22.5 Å². The molecule has 0 aliphatic rings. The van der Waals surface area contributed by atoms with Crippen molar-refractivity contribution < 1.29 is 4.39 Å². The zero-order valence-electron chi connectivity index (χ0n) is 13.8. The lowest BCUT2D eigenvalue weighted by atomic mass is 9.99. The third kappa shape index (κ3) is 3.19. The fourth-order valence-electron chi connectivity index (χ4n) is 3.26. The Labute approximate surface area is 146 Å². The van der Waals surface area contributed by atoms with E-state index in [0.717, 1.165) is 42.5 Å². The van der Waals surface area contributed by atoms with Crippen LogP contribution in [-0.4, -0.2) is 11.5 Å². The Bertz CT molecular complexity index is 854. The number of halogens is 2. The molecule has 3 rings (SSSR count). The number of H-pyrrole nitrogens is 1. The van der Waals surface area contributed by atoms with Gasteiger partial charge in [0, 0.05) is 16.5 Å². The molecular formula is C20H22ClFN2. The summed E-state index contributed by atoms with van der Waals surface area (Å²) in [7, 11) is 0. The summed E-state index contributed by atoms with van der Waals surface area (Å²) in [6.07, 6.45) is 3.88. The van der Waals surface area contributed by atoms with E-state index >= 15 is 0 Å². The zero-order valence-corrected chi connectivity index (χ0v) is 14.6. The van der Waals surface area contributed by atoms with E-state index in [9.17, 15) is 4.39 Å². The van der Waals surface area contributed by atoms with Crippen molar-refractivity contribution in [2.24, 2.45) is 5.73 Å². The molecule has 2 nitrogen and oxygen atoms in total. The third-order valence-corrected chi connectivity index (χ3v) is 4.80. The minimum absolute atomic E-state index is 0.321. The van der Waals surface area contributed by atoms with Gasteiger partial charge in [-0.15, -0.1) is 0 Å². The van der Waals surface area contributed by atoms with Gasteiger partial charge in [0.15, 0.2) is 0 Å². The molecule has 4 heteroatoms. The van der Waals surface area contributed by atoms with Gasteiger partial charge in [0.1, 0.15) is 5.82 Å². The first-order valence-corrected chi connectivity index (χ1v) is 8.81. The monoisotopic (exact) mass is 344 g/mol. The van der Waals surface area contributed by atoms with E-state index < -0.39 is 0 Å². The molecule has 0 atom stereocenters. The van der Waals surface area contributed by atoms with Crippen molar-refractivity contribution in [2.75, 3.05) is 6.54 Å². The van der Waals surface area contributed by atoms with Crippen LogP contribution in [0.5, 0.6) is 0 Å². The SMILES string of the molecule is CCc1cccc2c(CCCCN)c(-c3ccc(F)cc3Cl)[nH]c12. The van der Waals surface area contributed by atoms with Gasteiger partial charge in [-0.2, -0.15) is 0 Å². The molecule has 0 fully saturated rings. The summed E-state index contributed by atoms with van der Waals surface area (Å²) in [6, 6.07) is 10.9. The molecule has 0 aliphatic carbocycles. The number of aromatic amines is 1. The van der Waals surface area contributed by atoms with Crippen molar-refractivity contribution in [3.05, 3.63) is 58.4 Å². The van der Waals surface area contributed by atoms with Crippen LogP contribution in [0, 0.1) is 5.82 Å². The van der Waals surface area contributed by atoms with E-state index in [4.69, 9.17) is 17.3 Å². The van der Waals surface area contributed by atoms with Gasteiger partial charge in [0.2, 0.25) is 0 Å². The van der Waals surface area contributed by atoms with Crippen molar-refractivity contribution in [3.8, 4) is 11.3 Å². The summed E-state index contributed by atoms with van der Waals surface area (Å²) < 4.78 is 13.4. The Morgan fingerprint density at radius 3 is 2.71 bits per heavy atom. The van der Waals surface area contributed by atoms with E-state index in [1.54, 1.807) is 6.07 Å². The highest BCUT2D eigenvalue weighted by atomic mass is 35.5. The van der Waals surface area contributed by atoms with Crippen molar-refractivity contribution in [3.63, 3.8) is 0 Å². The number of unbranched alkanes of at least 4 members (excludes halogenated alkanes) is 1. The minimum atomic E-state index is -0.321. The van der Waals surface area contributed by atoms with Gasteiger partial charge >= 0.3 is 0 Å². The van der Waals surface area contributed by atoms with Crippen LogP contribution in [0.3, 0.4) is 0 Å². The second kappa shape index (κ2) is 7.37. The number of nitrogens with two attached hydrogens (primary N) is 1. The lowest BCUT2D eigenvalue weighted by Gasteiger charge is -2.07. The van der Waals surface area contributed by atoms with Gasteiger partial charge < -0.3 is 10.7 Å². The van der Waals surface area contributed by atoms with E-state index in [1.165, 1.54) is 28.6 Å². The van der Waals surface area contributed by atoms with E-state index in [1.807, 2.05) is 0 Å². The summed E-state index contributed by atoms with van der Waals surface area (Å²) in [5, 5.41) is 1.65. The van der Waals surface area contributed by atoms with Crippen molar-refractivity contribution in [1.29, 1.82) is 0 Å². The molecule has 0 unspecified atom stereocenters. The first-order chi connectivity index (χ1) is 11.7. The summed E-state index contributed by atoms with van der Waals surface area (Å²) in [5.41, 5.74) is 11.1. The minimum Gasteiger partial charge on any atom is -0.354 e. The Kier molecular flexibility index (Phi) is 5.22. The summed E-state index contributed by atoms with van der Waals surface area (Å²) in [4.78, 5) is 3.55. The largest absolute Gasteiger partial charge is 0.354 e. The molecule has 0 spiro atoms. The highest BCUT2D eigenvalue weighted by Crippen LogP contribution is 2.36. The van der Waals surface area contributed by atoms with E-state index in [-0.39, 0.29) is 5.82 Å².